The van der Waals surface area contributed by atoms with Gasteiger partial charge in [-0.1, -0.05) is 12.1 Å². The first-order chi connectivity index (χ1) is 9.29. The van der Waals surface area contributed by atoms with Crippen LogP contribution in [0.1, 0.15) is 31.2 Å². The lowest BCUT2D eigenvalue weighted by atomic mass is 10.1. The second kappa shape index (κ2) is 7.30. The predicted molar refractivity (Wildman–Crippen MR) is 84.4 cm³/mol. The number of ether oxygens (including phenoxy) is 1. The lowest BCUT2D eigenvalue weighted by Crippen LogP contribution is -2.42. The Morgan fingerprint density at radius 3 is 2.55 bits per heavy atom. The van der Waals surface area contributed by atoms with Crippen molar-refractivity contribution >= 4 is 12.4 Å². The Kier molecular flexibility index (Phi) is 5.70. The molecule has 1 saturated heterocycles. The van der Waals surface area contributed by atoms with Gasteiger partial charge in [0, 0.05) is 19.1 Å². The lowest BCUT2D eigenvalue weighted by molar-refractivity contribution is 0.201. The number of rotatable bonds is 5. The Labute approximate surface area is 127 Å². The number of hydrogen-bond donors (Lipinski definition) is 1. The largest absolute Gasteiger partial charge is 0.493 e. The van der Waals surface area contributed by atoms with Crippen molar-refractivity contribution in [1.82, 2.24) is 4.90 Å². The summed E-state index contributed by atoms with van der Waals surface area (Å²) in [4.78, 5) is 2.45. The number of piperidine rings is 1. The maximum Gasteiger partial charge on any atom is 0.119 e. The summed E-state index contributed by atoms with van der Waals surface area (Å²) in [5.41, 5.74) is 7.37. The minimum absolute atomic E-state index is 0. The van der Waals surface area contributed by atoms with E-state index in [0.717, 1.165) is 31.4 Å². The van der Waals surface area contributed by atoms with E-state index in [4.69, 9.17) is 10.5 Å². The zero-order valence-electron chi connectivity index (χ0n) is 12.0. The van der Waals surface area contributed by atoms with Gasteiger partial charge in [-0.2, -0.15) is 0 Å². The number of hydrogen-bond acceptors (Lipinski definition) is 3. The van der Waals surface area contributed by atoms with Gasteiger partial charge in [0.1, 0.15) is 5.75 Å². The highest BCUT2D eigenvalue weighted by Crippen LogP contribution is 2.29. The molecule has 1 saturated carbocycles. The van der Waals surface area contributed by atoms with E-state index in [1.54, 1.807) is 0 Å². The van der Waals surface area contributed by atoms with Crippen LogP contribution in [-0.4, -0.2) is 30.6 Å². The molecule has 1 aromatic carbocycles. The Hall–Kier alpha value is -0.770. The molecule has 0 spiro atoms. The first kappa shape index (κ1) is 15.6. The van der Waals surface area contributed by atoms with Gasteiger partial charge in [-0.05, 0) is 55.8 Å². The topological polar surface area (TPSA) is 38.5 Å². The maximum absolute atomic E-state index is 6.01. The number of nitrogens with two attached hydrogens (primary N) is 1. The molecule has 1 aromatic rings. The van der Waals surface area contributed by atoms with Crippen LogP contribution in [0.2, 0.25) is 0 Å². The molecule has 0 aromatic heterocycles. The van der Waals surface area contributed by atoms with Gasteiger partial charge in [0.2, 0.25) is 0 Å². The third-order valence-electron chi connectivity index (χ3n) is 4.05. The summed E-state index contributed by atoms with van der Waals surface area (Å²) in [5.74, 6) is 1.82. The van der Waals surface area contributed by atoms with Crippen molar-refractivity contribution in [3.05, 3.63) is 29.8 Å². The normalized spacial score (nSPS) is 23.1. The second-order valence-electron chi connectivity index (χ2n) is 6.04. The van der Waals surface area contributed by atoms with Crippen LogP contribution in [0, 0.1) is 5.92 Å². The Balaban J connectivity index is 0.00000147. The van der Waals surface area contributed by atoms with Crippen molar-refractivity contribution in [2.24, 2.45) is 11.7 Å². The van der Waals surface area contributed by atoms with E-state index in [1.165, 1.54) is 37.8 Å². The third-order valence-corrected chi connectivity index (χ3v) is 4.05. The fraction of sp³-hybridized carbons (Fsp3) is 0.625. The molecular formula is C16H25ClN2O. The van der Waals surface area contributed by atoms with Gasteiger partial charge < -0.3 is 10.5 Å². The number of likely N-dealkylation sites (tertiary alicyclic amines) is 1. The molecular weight excluding hydrogens is 272 g/mol. The van der Waals surface area contributed by atoms with Crippen molar-refractivity contribution in [3.8, 4) is 5.75 Å². The molecule has 1 aliphatic carbocycles. The molecule has 0 amide bonds. The van der Waals surface area contributed by atoms with Crippen LogP contribution in [0.5, 0.6) is 5.75 Å². The molecule has 4 heteroatoms. The van der Waals surface area contributed by atoms with Gasteiger partial charge in [-0.25, -0.2) is 0 Å². The molecule has 3 rings (SSSR count). The van der Waals surface area contributed by atoms with E-state index in [9.17, 15) is 0 Å². The summed E-state index contributed by atoms with van der Waals surface area (Å²) in [6.45, 7) is 4.10. The lowest BCUT2D eigenvalue weighted by Gasteiger charge is -2.30. The minimum Gasteiger partial charge on any atom is -0.493 e. The average molecular weight is 297 g/mol. The van der Waals surface area contributed by atoms with Crippen LogP contribution in [0.3, 0.4) is 0 Å². The second-order valence-corrected chi connectivity index (χ2v) is 6.04. The van der Waals surface area contributed by atoms with Crippen molar-refractivity contribution in [2.45, 2.75) is 38.3 Å². The van der Waals surface area contributed by atoms with Gasteiger partial charge >= 0.3 is 0 Å². The Morgan fingerprint density at radius 1 is 1.15 bits per heavy atom. The maximum atomic E-state index is 6.01. The predicted octanol–water partition coefficient (Wildman–Crippen LogP) is 2.82. The van der Waals surface area contributed by atoms with Crippen molar-refractivity contribution in [2.75, 3.05) is 19.7 Å². The van der Waals surface area contributed by atoms with Crippen LogP contribution in [-0.2, 0) is 6.54 Å². The quantitative estimate of drug-likeness (QED) is 0.908. The average Bonchev–Trinajstić information content (AvgIpc) is 3.22. The zero-order chi connectivity index (χ0) is 13.1. The fourth-order valence-electron chi connectivity index (χ4n) is 2.68. The molecule has 0 unspecified atom stereocenters. The van der Waals surface area contributed by atoms with Crippen LogP contribution >= 0.6 is 12.4 Å². The molecule has 0 radical (unpaired) electrons. The van der Waals surface area contributed by atoms with Crippen LogP contribution in [0.25, 0.3) is 0 Å². The molecule has 20 heavy (non-hydrogen) atoms. The van der Waals surface area contributed by atoms with Crippen LogP contribution in [0.4, 0.5) is 0 Å². The minimum atomic E-state index is 0. The van der Waals surface area contributed by atoms with Crippen LogP contribution in [0.15, 0.2) is 24.3 Å². The molecule has 112 valence electrons. The van der Waals surface area contributed by atoms with Crippen molar-refractivity contribution in [3.63, 3.8) is 0 Å². The van der Waals surface area contributed by atoms with Gasteiger partial charge in [0.15, 0.2) is 0 Å². The van der Waals surface area contributed by atoms with Gasteiger partial charge in [-0.3, -0.25) is 4.90 Å². The van der Waals surface area contributed by atoms with Crippen molar-refractivity contribution in [1.29, 1.82) is 0 Å². The highest BCUT2D eigenvalue weighted by molar-refractivity contribution is 5.85. The van der Waals surface area contributed by atoms with E-state index in [2.05, 4.69) is 29.2 Å². The molecule has 3 nitrogen and oxygen atoms in total. The van der Waals surface area contributed by atoms with E-state index in [1.807, 2.05) is 0 Å². The smallest absolute Gasteiger partial charge is 0.119 e. The Morgan fingerprint density at radius 2 is 1.90 bits per heavy atom. The third kappa shape index (κ3) is 4.65. The summed E-state index contributed by atoms with van der Waals surface area (Å²) in [6, 6.07) is 8.92. The Bertz CT molecular complexity index is 405. The van der Waals surface area contributed by atoms with E-state index in [-0.39, 0.29) is 12.4 Å². The SMILES string of the molecule is Cl.N[C@@H]1CCCN(Cc2ccc(OCC3CC3)cc2)C1. The summed E-state index contributed by atoms with van der Waals surface area (Å²) in [7, 11) is 0. The molecule has 1 aliphatic heterocycles. The highest BCUT2D eigenvalue weighted by Gasteiger charge is 2.21. The summed E-state index contributed by atoms with van der Waals surface area (Å²) in [6.07, 6.45) is 5.08. The summed E-state index contributed by atoms with van der Waals surface area (Å²) in [5, 5.41) is 0. The molecule has 2 fully saturated rings. The summed E-state index contributed by atoms with van der Waals surface area (Å²) >= 11 is 0. The standard InChI is InChI=1S/C16H24N2O.ClH/c17-15-2-1-9-18(11-15)10-13-5-7-16(8-6-13)19-12-14-3-4-14;/h5-8,14-15H,1-4,9-12,17H2;1H/t15-;/m1./s1. The van der Waals surface area contributed by atoms with Crippen LogP contribution < -0.4 is 10.5 Å². The first-order valence-electron chi connectivity index (χ1n) is 7.49. The van der Waals surface area contributed by atoms with Gasteiger partial charge in [-0.15, -0.1) is 12.4 Å². The number of nitrogens with zero attached hydrogens (tertiary/aromatic N) is 1. The first-order valence-corrected chi connectivity index (χ1v) is 7.49. The van der Waals surface area contributed by atoms with E-state index >= 15 is 0 Å². The molecule has 0 bridgehead atoms. The monoisotopic (exact) mass is 296 g/mol. The van der Waals surface area contributed by atoms with Crippen molar-refractivity contribution < 1.29 is 4.74 Å². The highest BCUT2D eigenvalue weighted by atomic mass is 35.5. The fourth-order valence-corrected chi connectivity index (χ4v) is 2.68. The number of halogens is 1. The van der Waals surface area contributed by atoms with E-state index < -0.39 is 0 Å². The molecule has 2 N–H and O–H groups in total. The summed E-state index contributed by atoms with van der Waals surface area (Å²) < 4.78 is 5.76. The zero-order valence-corrected chi connectivity index (χ0v) is 12.8. The van der Waals surface area contributed by atoms with E-state index in [0.29, 0.717) is 6.04 Å². The van der Waals surface area contributed by atoms with Gasteiger partial charge in [0.05, 0.1) is 6.61 Å². The molecule has 1 heterocycles. The molecule has 1 atom stereocenters. The van der Waals surface area contributed by atoms with Gasteiger partial charge in [0.25, 0.3) is 0 Å². The number of benzene rings is 1. The molecule has 2 aliphatic rings.